The van der Waals surface area contributed by atoms with Crippen LogP contribution in [-0.4, -0.2) is 21.4 Å². The fourth-order valence-corrected chi connectivity index (χ4v) is 10.9. The molecule has 4 aliphatic carbocycles. The third-order valence-electron chi connectivity index (χ3n) is 9.26. The first kappa shape index (κ1) is 18.2. The zero-order valence-electron chi connectivity index (χ0n) is 16.7. The predicted octanol–water partition coefficient (Wildman–Crippen LogP) is 6.33. The number of carbonyl (C=O) groups is 1. The first-order valence-electron chi connectivity index (χ1n) is 11.0. The van der Waals surface area contributed by atoms with E-state index in [0.29, 0.717) is 21.2 Å². The monoisotopic (exact) mass is 390 g/mol. The van der Waals surface area contributed by atoms with Gasteiger partial charge in [-0.05, 0) is 74.0 Å². The van der Waals surface area contributed by atoms with Crippen LogP contribution in [0.1, 0.15) is 72.1 Å². The van der Waals surface area contributed by atoms with E-state index in [1.807, 2.05) is 5.57 Å². The number of ketones is 1. The maximum atomic E-state index is 12.7. The van der Waals surface area contributed by atoms with Crippen molar-refractivity contribution in [1.29, 1.82) is 0 Å². The van der Waals surface area contributed by atoms with Crippen LogP contribution in [0.4, 0.5) is 0 Å². The van der Waals surface area contributed by atoms with Crippen molar-refractivity contribution in [3.8, 4) is 0 Å². The molecule has 0 aromatic heterocycles. The largest absolute Gasteiger partial charge is 0.299 e. The van der Waals surface area contributed by atoms with E-state index in [-0.39, 0.29) is 5.41 Å². The van der Waals surface area contributed by atoms with Gasteiger partial charge in [0.05, 0.1) is 4.08 Å². The number of thioether (sulfide) groups is 2. The molecule has 3 saturated carbocycles. The lowest BCUT2D eigenvalue weighted by atomic mass is 9.45. The minimum atomic E-state index is 0.0179. The Morgan fingerprint density at radius 1 is 1.04 bits per heavy atom. The molecule has 1 saturated heterocycles. The molecule has 144 valence electrons. The molecule has 5 aliphatic rings. The third-order valence-corrected chi connectivity index (χ3v) is 12.7. The van der Waals surface area contributed by atoms with E-state index >= 15 is 0 Å². The van der Waals surface area contributed by atoms with Crippen LogP contribution < -0.4 is 0 Å². The summed E-state index contributed by atoms with van der Waals surface area (Å²) in [7, 11) is 0. The molecule has 0 N–H and O–H groups in total. The number of Topliss-reactive ketones (excluding diaryl/α,β-unsaturated/α-hetero) is 1. The van der Waals surface area contributed by atoms with E-state index in [9.17, 15) is 4.79 Å². The summed E-state index contributed by atoms with van der Waals surface area (Å²) in [5.41, 5.74) is 2.26. The molecule has 0 bridgehead atoms. The highest BCUT2D eigenvalue weighted by Gasteiger charge is 2.61. The fraction of sp³-hybridized carbons (Fsp3) is 0.870. The molecular formula is C23H34OS2. The summed E-state index contributed by atoms with van der Waals surface area (Å²) in [5, 5.41) is 0. The van der Waals surface area contributed by atoms with Crippen molar-refractivity contribution in [2.45, 2.75) is 76.2 Å². The average Bonchev–Trinajstić information content (AvgIpc) is 3.20. The normalized spacial score (nSPS) is 49.5. The quantitative estimate of drug-likeness (QED) is 0.487. The Balaban J connectivity index is 1.54. The smallest absolute Gasteiger partial charge is 0.139 e. The molecule has 5 rings (SSSR count). The lowest BCUT2D eigenvalue weighted by Crippen LogP contribution is -2.53. The van der Waals surface area contributed by atoms with Gasteiger partial charge in [-0.3, -0.25) is 4.79 Å². The number of allylic oxidation sites excluding steroid dienone is 1. The standard InChI is InChI=1S/C23H34OS2/c1-4-15-13-16-17-5-6-20(24)22(17,3)8-7-18(16)21(2)9-10-23(14-19(15)21)25-11-12-26-23/h14-18H,4-13H2,1-3H3/t15-,16-,17-,18-,21+,22-/m0/s1. The summed E-state index contributed by atoms with van der Waals surface area (Å²) < 4.78 is 0.404. The molecule has 0 aromatic rings. The van der Waals surface area contributed by atoms with Crippen LogP contribution in [0.2, 0.25) is 0 Å². The van der Waals surface area contributed by atoms with Gasteiger partial charge in [-0.2, -0.15) is 0 Å². The minimum absolute atomic E-state index is 0.0179. The third kappa shape index (κ3) is 2.34. The van der Waals surface area contributed by atoms with Crippen LogP contribution in [0.3, 0.4) is 0 Å². The van der Waals surface area contributed by atoms with Gasteiger partial charge < -0.3 is 0 Å². The van der Waals surface area contributed by atoms with Crippen LogP contribution in [-0.2, 0) is 4.79 Å². The highest BCUT2D eigenvalue weighted by atomic mass is 32.2. The number of hydrogen-bond acceptors (Lipinski definition) is 3. The van der Waals surface area contributed by atoms with Crippen molar-refractivity contribution < 1.29 is 4.79 Å². The molecule has 6 atom stereocenters. The molecule has 0 amide bonds. The van der Waals surface area contributed by atoms with Crippen molar-refractivity contribution in [2.24, 2.45) is 34.5 Å². The Kier molecular flexibility index (Phi) is 4.23. The molecule has 4 fully saturated rings. The van der Waals surface area contributed by atoms with Crippen LogP contribution in [0.15, 0.2) is 11.6 Å². The van der Waals surface area contributed by atoms with Crippen molar-refractivity contribution in [1.82, 2.24) is 0 Å². The van der Waals surface area contributed by atoms with Gasteiger partial charge in [-0.25, -0.2) is 0 Å². The van der Waals surface area contributed by atoms with Gasteiger partial charge in [-0.15, -0.1) is 23.5 Å². The number of carbonyl (C=O) groups excluding carboxylic acids is 1. The SMILES string of the molecule is CC[C@H]1C[C@@H]2[C@H](CC[C@]3(C)C(=O)CC[C@@H]23)[C@@]2(C)CCC3(C=C12)SCCS3. The predicted molar refractivity (Wildman–Crippen MR) is 114 cm³/mol. The minimum Gasteiger partial charge on any atom is -0.299 e. The highest BCUT2D eigenvalue weighted by molar-refractivity contribution is 8.21. The molecule has 1 nitrogen and oxygen atoms in total. The average molecular weight is 391 g/mol. The summed E-state index contributed by atoms with van der Waals surface area (Å²) in [6.45, 7) is 7.35. The van der Waals surface area contributed by atoms with E-state index in [0.717, 1.165) is 30.6 Å². The molecule has 3 heteroatoms. The second kappa shape index (κ2) is 6.05. The molecule has 0 radical (unpaired) electrons. The maximum absolute atomic E-state index is 12.7. The van der Waals surface area contributed by atoms with Crippen LogP contribution in [0.5, 0.6) is 0 Å². The van der Waals surface area contributed by atoms with Crippen molar-refractivity contribution in [3.05, 3.63) is 11.6 Å². The molecular weight excluding hydrogens is 356 g/mol. The van der Waals surface area contributed by atoms with Crippen LogP contribution in [0, 0.1) is 34.5 Å². The maximum Gasteiger partial charge on any atom is 0.139 e. The summed E-state index contributed by atoms with van der Waals surface area (Å²) in [6.07, 6.45) is 12.7. The zero-order chi connectivity index (χ0) is 18.2. The zero-order valence-corrected chi connectivity index (χ0v) is 18.3. The van der Waals surface area contributed by atoms with Gasteiger partial charge in [0.1, 0.15) is 5.78 Å². The lowest BCUT2D eigenvalue weighted by Gasteiger charge is -2.60. The Morgan fingerprint density at radius 2 is 1.77 bits per heavy atom. The lowest BCUT2D eigenvalue weighted by molar-refractivity contribution is -0.133. The van der Waals surface area contributed by atoms with E-state index in [1.165, 1.54) is 50.0 Å². The summed E-state index contributed by atoms with van der Waals surface area (Å²) >= 11 is 4.44. The van der Waals surface area contributed by atoms with Crippen molar-refractivity contribution >= 4 is 29.3 Å². The summed E-state index contributed by atoms with van der Waals surface area (Å²) in [6, 6.07) is 0. The molecule has 0 aromatic carbocycles. The van der Waals surface area contributed by atoms with E-state index in [2.05, 4.69) is 50.4 Å². The van der Waals surface area contributed by atoms with Gasteiger partial charge in [0, 0.05) is 23.3 Å². The van der Waals surface area contributed by atoms with Gasteiger partial charge in [0.15, 0.2) is 0 Å². The van der Waals surface area contributed by atoms with Gasteiger partial charge in [0.25, 0.3) is 0 Å². The Bertz CT molecular complexity index is 649. The first-order chi connectivity index (χ1) is 12.4. The van der Waals surface area contributed by atoms with Gasteiger partial charge in [0.2, 0.25) is 0 Å². The fourth-order valence-electron chi connectivity index (χ4n) is 7.75. The van der Waals surface area contributed by atoms with Gasteiger partial charge >= 0.3 is 0 Å². The topological polar surface area (TPSA) is 17.1 Å². The molecule has 1 aliphatic heterocycles. The summed E-state index contributed by atoms with van der Waals surface area (Å²) in [4.78, 5) is 12.7. The highest BCUT2D eigenvalue weighted by Crippen LogP contribution is 2.68. The van der Waals surface area contributed by atoms with Crippen molar-refractivity contribution in [3.63, 3.8) is 0 Å². The molecule has 0 unspecified atom stereocenters. The second-order valence-corrected chi connectivity index (χ2v) is 13.3. The Morgan fingerprint density at radius 3 is 2.50 bits per heavy atom. The van der Waals surface area contributed by atoms with Crippen molar-refractivity contribution in [2.75, 3.05) is 11.5 Å². The van der Waals surface area contributed by atoms with E-state index in [4.69, 9.17) is 0 Å². The molecule has 1 heterocycles. The first-order valence-corrected chi connectivity index (χ1v) is 12.9. The number of hydrogen-bond donors (Lipinski definition) is 0. The summed E-state index contributed by atoms with van der Waals surface area (Å²) in [5.74, 6) is 6.31. The molecule has 26 heavy (non-hydrogen) atoms. The van der Waals surface area contributed by atoms with Gasteiger partial charge in [-0.1, -0.05) is 32.4 Å². The Labute approximate surface area is 167 Å². The Hall–Kier alpha value is 0.110. The van der Waals surface area contributed by atoms with Crippen LogP contribution in [0.25, 0.3) is 0 Å². The van der Waals surface area contributed by atoms with E-state index < -0.39 is 0 Å². The number of rotatable bonds is 1. The molecule has 1 spiro atoms. The second-order valence-electron chi connectivity index (χ2n) is 10.2. The number of fused-ring (bicyclic) bond motifs is 5. The van der Waals surface area contributed by atoms with E-state index in [1.54, 1.807) is 0 Å². The van der Waals surface area contributed by atoms with Crippen LogP contribution >= 0.6 is 23.5 Å².